The van der Waals surface area contributed by atoms with Gasteiger partial charge in [-0.1, -0.05) is 12.1 Å². The highest BCUT2D eigenvalue weighted by Gasteiger charge is 2.48. The number of esters is 1. The first-order chi connectivity index (χ1) is 13.2. The van der Waals surface area contributed by atoms with Crippen molar-refractivity contribution in [2.24, 2.45) is 11.8 Å². The molecule has 3 fully saturated rings. The summed E-state index contributed by atoms with van der Waals surface area (Å²) in [6, 6.07) is 9.29. The molecule has 5 heteroatoms. The lowest BCUT2D eigenvalue weighted by molar-refractivity contribution is -0.146. The van der Waals surface area contributed by atoms with E-state index in [1.807, 2.05) is 12.1 Å². The highest BCUT2D eigenvalue weighted by molar-refractivity contribution is 5.70. The number of rotatable bonds is 5. The number of hydrogen-bond donors (Lipinski definition) is 0. The van der Waals surface area contributed by atoms with E-state index in [-0.39, 0.29) is 12.0 Å². The van der Waals surface area contributed by atoms with Gasteiger partial charge in [0.15, 0.2) is 0 Å². The zero-order chi connectivity index (χ0) is 18.8. The number of carbonyl (C=O) groups is 1. The van der Waals surface area contributed by atoms with Gasteiger partial charge in [-0.2, -0.15) is 0 Å². The molecular formula is C22H32N2O3. The van der Waals surface area contributed by atoms with E-state index in [4.69, 9.17) is 9.47 Å². The van der Waals surface area contributed by atoms with Crippen LogP contribution in [-0.4, -0.2) is 61.7 Å². The lowest BCUT2D eigenvalue weighted by Crippen LogP contribution is -2.64. The summed E-state index contributed by atoms with van der Waals surface area (Å²) in [6.07, 6.45) is 5.63. The molecule has 3 aliphatic rings. The average Bonchev–Trinajstić information content (AvgIpc) is 2.71. The van der Waals surface area contributed by atoms with Crippen molar-refractivity contribution in [3.63, 3.8) is 0 Å². The number of piperidine rings is 3. The van der Waals surface area contributed by atoms with Crippen molar-refractivity contribution in [1.29, 1.82) is 0 Å². The second-order valence-electron chi connectivity index (χ2n) is 8.36. The van der Waals surface area contributed by atoms with Crippen LogP contribution in [0, 0.1) is 11.8 Å². The van der Waals surface area contributed by atoms with Gasteiger partial charge in [-0.3, -0.25) is 14.6 Å². The molecule has 5 nitrogen and oxygen atoms in total. The number of benzene rings is 1. The van der Waals surface area contributed by atoms with Gasteiger partial charge >= 0.3 is 5.97 Å². The smallest absolute Gasteiger partial charge is 0.307 e. The molecule has 3 aliphatic heterocycles. The average molecular weight is 373 g/mol. The van der Waals surface area contributed by atoms with Crippen LogP contribution in [0.4, 0.5) is 0 Å². The summed E-state index contributed by atoms with van der Waals surface area (Å²) >= 11 is 0. The molecule has 0 amide bonds. The molecule has 0 aliphatic carbocycles. The Bertz CT molecular complexity index is 645. The SMILES string of the molecule is COC(=O)C[C@@H]1[C@H]2CCCN3CCC[C@@H](CN1Cc1ccc(OC)cc1)[C@@H]23. The zero-order valence-corrected chi connectivity index (χ0v) is 16.6. The lowest BCUT2D eigenvalue weighted by Gasteiger charge is -2.57. The number of methoxy groups -OCH3 is 2. The number of carbonyl (C=O) groups excluding carboxylic acids is 1. The molecule has 3 heterocycles. The number of hydrogen-bond acceptors (Lipinski definition) is 5. The van der Waals surface area contributed by atoms with Crippen LogP contribution in [0.25, 0.3) is 0 Å². The molecule has 0 saturated carbocycles. The van der Waals surface area contributed by atoms with Crippen LogP contribution in [0.5, 0.6) is 5.75 Å². The molecular weight excluding hydrogens is 340 g/mol. The Labute approximate surface area is 162 Å². The van der Waals surface area contributed by atoms with Crippen molar-refractivity contribution in [3.8, 4) is 5.75 Å². The predicted molar refractivity (Wildman–Crippen MR) is 105 cm³/mol. The molecule has 148 valence electrons. The van der Waals surface area contributed by atoms with Crippen LogP contribution in [-0.2, 0) is 16.1 Å². The summed E-state index contributed by atoms with van der Waals surface area (Å²) in [5.41, 5.74) is 1.28. The van der Waals surface area contributed by atoms with Crippen molar-refractivity contribution < 1.29 is 14.3 Å². The normalized spacial score (nSPS) is 31.2. The molecule has 0 bridgehead atoms. The summed E-state index contributed by atoms with van der Waals surface area (Å²) in [7, 11) is 3.21. The number of likely N-dealkylation sites (tertiary alicyclic amines) is 1. The fourth-order valence-corrected chi connectivity index (χ4v) is 5.77. The van der Waals surface area contributed by atoms with Crippen LogP contribution in [0.3, 0.4) is 0 Å². The third kappa shape index (κ3) is 3.85. The van der Waals surface area contributed by atoms with Crippen LogP contribution in [0.2, 0.25) is 0 Å². The molecule has 1 aromatic carbocycles. The van der Waals surface area contributed by atoms with Crippen LogP contribution < -0.4 is 4.74 Å². The molecule has 3 saturated heterocycles. The maximum Gasteiger partial charge on any atom is 0.307 e. The first-order valence-corrected chi connectivity index (χ1v) is 10.4. The van der Waals surface area contributed by atoms with Gasteiger partial charge in [0.2, 0.25) is 0 Å². The molecule has 4 rings (SSSR count). The standard InChI is InChI=1S/C22H32N2O3/c1-26-18-9-7-16(8-10-18)14-24-15-17-5-3-11-23-12-4-6-19(22(17)23)20(24)13-21(25)27-2/h7-10,17,19-20,22H,3-6,11-15H2,1-2H3/t17-,19+,20+,22-/m0/s1. The largest absolute Gasteiger partial charge is 0.497 e. The Hall–Kier alpha value is -1.59. The Kier molecular flexibility index (Phi) is 5.69. The number of nitrogens with zero attached hydrogens (tertiary/aromatic N) is 2. The Morgan fingerprint density at radius 2 is 1.85 bits per heavy atom. The fourth-order valence-electron chi connectivity index (χ4n) is 5.77. The molecule has 0 unspecified atom stereocenters. The Morgan fingerprint density at radius 1 is 1.11 bits per heavy atom. The summed E-state index contributed by atoms with van der Waals surface area (Å²) in [5, 5.41) is 0. The highest BCUT2D eigenvalue weighted by atomic mass is 16.5. The van der Waals surface area contributed by atoms with Crippen molar-refractivity contribution in [3.05, 3.63) is 29.8 Å². The number of ether oxygens (including phenoxy) is 2. The molecule has 0 aromatic heterocycles. The zero-order valence-electron chi connectivity index (χ0n) is 16.6. The quantitative estimate of drug-likeness (QED) is 0.744. The molecule has 27 heavy (non-hydrogen) atoms. The van der Waals surface area contributed by atoms with Gasteiger partial charge in [-0.05, 0) is 68.3 Å². The van der Waals surface area contributed by atoms with E-state index in [2.05, 4.69) is 21.9 Å². The summed E-state index contributed by atoms with van der Waals surface area (Å²) in [4.78, 5) is 17.5. The first-order valence-electron chi connectivity index (χ1n) is 10.4. The molecule has 1 aromatic rings. The van der Waals surface area contributed by atoms with Crippen molar-refractivity contribution in [2.45, 2.75) is 50.7 Å². The van der Waals surface area contributed by atoms with Crippen LogP contribution in [0.15, 0.2) is 24.3 Å². The summed E-state index contributed by atoms with van der Waals surface area (Å²) < 4.78 is 10.4. The van der Waals surface area contributed by atoms with E-state index in [1.54, 1.807) is 7.11 Å². The minimum atomic E-state index is -0.0777. The third-order valence-corrected chi connectivity index (χ3v) is 6.93. The van der Waals surface area contributed by atoms with Crippen LogP contribution in [0.1, 0.15) is 37.7 Å². The van der Waals surface area contributed by atoms with E-state index < -0.39 is 0 Å². The third-order valence-electron chi connectivity index (χ3n) is 6.93. The van der Waals surface area contributed by atoms with Crippen molar-refractivity contribution in [1.82, 2.24) is 9.80 Å². The van der Waals surface area contributed by atoms with Crippen molar-refractivity contribution >= 4 is 5.97 Å². The molecule has 0 N–H and O–H groups in total. The van der Waals surface area contributed by atoms with Crippen LogP contribution >= 0.6 is 0 Å². The van der Waals surface area contributed by atoms with E-state index in [0.29, 0.717) is 18.4 Å². The Morgan fingerprint density at radius 3 is 2.56 bits per heavy atom. The highest BCUT2D eigenvalue weighted by Crippen LogP contribution is 2.43. The van der Waals surface area contributed by atoms with Gasteiger partial charge in [-0.15, -0.1) is 0 Å². The first kappa shape index (κ1) is 18.8. The van der Waals surface area contributed by atoms with E-state index in [0.717, 1.165) is 24.8 Å². The minimum absolute atomic E-state index is 0.0777. The minimum Gasteiger partial charge on any atom is -0.497 e. The second kappa shape index (κ2) is 8.19. The predicted octanol–water partition coefficient (Wildman–Crippen LogP) is 2.93. The molecule has 0 spiro atoms. The van der Waals surface area contributed by atoms with Crippen molar-refractivity contribution in [2.75, 3.05) is 33.9 Å². The van der Waals surface area contributed by atoms with Gasteiger partial charge < -0.3 is 9.47 Å². The fraction of sp³-hybridized carbons (Fsp3) is 0.682. The van der Waals surface area contributed by atoms with E-state index >= 15 is 0 Å². The Balaban J connectivity index is 1.57. The molecule has 4 atom stereocenters. The maximum absolute atomic E-state index is 12.2. The monoisotopic (exact) mass is 372 g/mol. The topological polar surface area (TPSA) is 42.0 Å². The molecule has 0 radical (unpaired) electrons. The van der Waals surface area contributed by atoms with Gasteiger partial charge in [0.05, 0.1) is 20.6 Å². The van der Waals surface area contributed by atoms with Gasteiger partial charge in [0.1, 0.15) is 5.75 Å². The maximum atomic E-state index is 12.2. The lowest BCUT2D eigenvalue weighted by atomic mass is 9.69. The van der Waals surface area contributed by atoms with Gasteiger partial charge in [-0.25, -0.2) is 0 Å². The summed E-state index contributed by atoms with van der Waals surface area (Å²) in [5.74, 6) is 2.12. The second-order valence-corrected chi connectivity index (χ2v) is 8.36. The van der Waals surface area contributed by atoms with E-state index in [1.165, 1.54) is 51.4 Å². The van der Waals surface area contributed by atoms with Gasteiger partial charge in [0, 0.05) is 25.2 Å². The van der Waals surface area contributed by atoms with E-state index in [9.17, 15) is 4.79 Å². The summed E-state index contributed by atoms with van der Waals surface area (Å²) in [6.45, 7) is 4.46. The van der Waals surface area contributed by atoms with Gasteiger partial charge in [0.25, 0.3) is 0 Å².